The van der Waals surface area contributed by atoms with Gasteiger partial charge in [0.1, 0.15) is 11.2 Å². The Bertz CT molecular complexity index is 3270. The molecule has 256 valence electrons. The summed E-state index contributed by atoms with van der Waals surface area (Å²) in [6, 6.07) is 64.0. The zero-order valence-electron chi connectivity index (χ0n) is 29.6. The van der Waals surface area contributed by atoms with E-state index in [-0.39, 0.29) is 0 Å². The second-order valence-corrected chi connectivity index (χ2v) is 14.0. The Balaban J connectivity index is 1.19. The summed E-state index contributed by atoms with van der Waals surface area (Å²) in [6.45, 7) is 0. The van der Waals surface area contributed by atoms with Crippen molar-refractivity contribution >= 4 is 54.4 Å². The number of para-hydroxylation sites is 1. The van der Waals surface area contributed by atoms with E-state index in [0.29, 0.717) is 5.82 Å². The molecule has 0 spiro atoms. The third kappa shape index (κ3) is 5.34. The second-order valence-electron chi connectivity index (χ2n) is 14.0. The van der Waals surface area contributed by atoms with Crippen LogP contribution in [-0.4, -0.2) is 15.0 Å². The Hall–Kier alpha value is -7.43. The van der Waals surface area contributed by atoms with Crippen molar-refractivity contribution in [2.75, 3.05) is 0 Å². The monoisotopic (exact) mass is 701 g/mol. The van der Waals surface area contributed by atoms with E-state index in [1.165, 1.54) is 27.1 Å². The number of fused-ring (bicyclic) bond motifs is 7. The van der Waals surface area contributed by atoms with Gasteiger partial charge in [-0.15, -0.1) is 0 Å². The van der Waals surface area contributed by atoms with Crippen LogP contribution in [0.25, 0.3) is 111 Å². The Morgan fingerprint density at radius 1 is 0.345 bits per heavy atom. The van der Waals surface area contributed by atoms with Gasteiger partial charge in [0, 0.05) is 39.0 Å². The fourth-order valence-corrected chi connectivity index (χ4v) is 8.08. The van der Waals surface area contributed by atoms with Gasteiger partial charge in [-0.3, -0.25) is 4.98 Å². The summed E-state index contributed by atoms with van der Waals surface area (Å²) in [6.07, 6.45) is 1.85. The lowest BCUT2D eigenvalue weighted by Gasteiger charge is -2.16. The van der Waals surface area contributed by atoms with E-state index >= 15 is 0 Å². The van der Waals surface area contributed by atoms with E-state index in [1.807, 2.05) is 48.7 Å². The first-order chi connectivity index (χ1) is 27.2. The van der Waals surface area contributed by atoms with Gasteiger partial charge >= 0.3 is 0 Å². The van der Waals surface area contributed by atoms with Gasteiger partial charge in [-0.1, -0.05) is 115 Å². The summed E-state index contributed by atoms with van der Waals surface area (Å²) in [5.74, 6) is 0.669. The molecule has 0 N–H and O–H groups in total. The molecular formula is C51H31N3O. The Kier molecular flexibility index (Phi) is 7.14. The molecule has 0 aliphatic heterocycles. The van der Waals surface area contributed by atoms with Gasteiger partial charge < -0.3 is 4.42 Å². The minimum Gasteiger partial charge on any atom is -0.456 e. The van der Waals surface area contributed by atoms with E-state index in [4.69, 9.17) is 19.4 Å². The van der Waals surface area contributed by atoms with Crippen LogP contribution >= 0.6 is 0 Å². The highest BCUT2D eigenvalue weighted by atomic mass is 16.3. The first-order valence-corrected chi connectivity index (χ1v) is 18.5. The van der Waals surface area contributed by atoms with Gasteiger partial charge in [0.25, 0.3) is 0 Å². The molecule has 0 aliphatic rings. The van der Waals surface area contributed by atoms with Crippen molar-refractivity contribution in [1.29, 1.82) is 0 Å². The van der Waals surface area contributed by atoms with Crippen LogP contribution in [0.1, 0.15) is 0 Å². The summed E-state index contributed by atoms with van der Waals surface area (Å²) in [5, 5.41) is 8.13. The van der Waals surface area contributed by atoms with Gasteiger partial charge in [0.05, 0.1) is 16.9 Å². The largest absolute Gasteiger partial charge is 0.456 e. The number of pyridine rings is 1. The Labute approximate surface area is 317 Å². The summed E-state index contributed by atoms with van der Waals surface area (Å²) in [5.41, 5.74) is 11.8. The van der Waals surface area contributed by atoms with Crippen LogP contribution in [0, 0.1) is 0 Å². The van der Waals surface area contributed by atoms with E-state index in [1.54, 1.807) is 0 Å². The fourth-order valence-electron chi connectivity index (χ4n) is 8.08. The highest BCUT2D eigenvalue weighted by molar-refractivity contribution is 6.14. The molecule has 0 radical (unpaired) electrons. The Morgan fingerprint density at radius 2 is 1.02 bits per heavy atom. The van der Waals surface area contributed by atoms with Crippen LogP contribution in [0.5, 0.6) is 0 Å². The van der Waals surface area contributed by atoms with Crippen LogP contribution in [0.15, 0.2) is 193 Å². The lowest BCUT2D eigenvalue weighted by atomic mass is 9.89. The van der Waals surface area contributed by atoms with Gasteiger partial charge in [0.15, 0.2) is 5.82 Å². The molecule has 8 aromatic carbocycles. The number of aromatic nitrogens is 3. The molecule has 0 atom stereocenters. The minimum atomic E-state index is 0.669. The maximum atomic E-state index is 6.19. The zero-order chi connectivity index (χ0) is 36.3. The number of benzene rings is 8. The van der Waals surface area contributed by atoms with E-state index < -0.39 is 0 Å². The van der Waals surface area contributed by atoms with Crippen LogP contribution in [0.3, 0.4) is 0 Å². The smallest absolute Gasteiger partial charge is 0.160 e. The van der Waals surface area contributed by atoms with E-state index in [9.17, 15) is 0 Å². The molecule has 4 heteroatoms. The van der Waals surface area contributed by atoms with Crippen LogP contribution < -0.4 is 0 Å². The zero-order valence-corrected chi connectivity index (χ0v) is 29.6. The normalized spacial score (nSPS) is 11.6. The van der Waals surface area contributed by atoms with Crippen molar-refractivity contribution < 1.29 is 4.42 Å². The minimum absolute atomic E-state index is 0.669. The molecule has 0 unspecified atom stereocenters. The topological polar surface area (TPSA) is 51.8 Å². The van der Waals surface area contributed by atoms with Crippen molar-refractivity contribution in [2.24, 2.45) is 0 Å². The SMILES string of the molecule is c1ccc(-c2nc(-c3cc(-c4cccc5ncccc45)cc(-c4cc5ccccc5c5ccccc45)c3)cc(-c3ccc4oc5ccccc5c4c3)n2)cc1. The standard InChI is InChI=1S/C51H31N3O/c1-2-12-32(13-3-1)51-53-47(34-23-24-50-45(30-34)43-18-8-9-22-49(43)55-50)31-48(54-51)37-27-35(39-19-10-21-46-42(39)20-11-25-52-46)26-36(28-37)44-29-33-14-4-5-15-38(33)40-16-6-7-17-41(40)44/h1-31H. The molecule has 0 bridgehead atoms. The molecule has 0 fully saturated rings. The van der Waals surface area contributed by atoms with Crippen molar-refractivity contribution in [1.82, 2.24) is 15.0 Å². The van der Waals surface area contributed by atoms with Crippen LogP contribution in [0.2, 0.25) is 0 Å². The van der Waals surface area contributed by atoms with E-state index in [0.717, 1.165) is 77.6 Å². The third-order valence-electron chi connectivity index (χ3n) is 10.7. The highest BCUT2D eigenvalue weighted by Crippen LogP contribution is 2.41. The Morgan fingerprint density at radius 3 is 1.89 bits per heavy atom. The average Bonchev–Trinajstić information content (AvgIpc) is 3.64. The number of rotatable bonds is 5. The van der Waals surface area contributed by atoms with Gasteiger partial charge in [-0.05, 0) is 111 Å². The third-order valence-corrected chi connectivity index (χ3v) is 10.7. The predicted octanol–water partition coefficient (Wildman–Crippen LogP) is 13.6. The molecule has 0 amide bonds. The molecule has 0 saturated carbocycles. The molecule has 55 heavy (non-hydrogen) atoms. The first-order valence-electron chi connectivity index (χ1n) is 18.5. The van der Waals surface area contributed by atoms with Crippen molar-refractivity contribution in [3.05, 3.63) is 188 Å². The van der Waals surface area contributed by atoms with Crippen molar-refractivity contribution in [3.8, 4) is 56.2 Å². The summed E-state index contributed by atoms with van der Waals surface area (Å²) < 4.78 is 6.19. The van der Waals surface area contributed by atoms with Crippen molar-refractivity contribution in [3.63, 3.8) is 0 Å². The maximum Gasteiger partial charge on any atom is 0.160 e. The number of hydrogen-bond donors (Lipinski definition) is 0. The van der Waals surface area contributed by atoms with Crippen LogP contribution in [-0.2, 0) is 0 Å². The predicted molar refractivity (Wildman–Crippen MR) is 227 cm³/mol. The van der Waals surface area contributed by atoms with Crippen LogP contribution in [0.4, 0.5) is 0 Å². The second kappa shape index (κ2) is 12.6. The quantitative estimate of drug-likeness (QED) is 0.168. The van der Waals surface area contributed by atoms with Gasteiger partial charge in [-0.2, -0.15) is 0 Å². The van der Waals surface area contributed by atoms with E-state index in [2.05, 4.69) is 140 Å². The number of nitrogens with zero attached hydrogens (tertiary/aromatic N) is 3. The molecule has 4 nitrogen and oxygen atoms in total. The first kappa shape index (κ1) is 31.1. The maximum absolute atomic E-state index is 6.19. The fraction of sp³-hybridized carbons (Fsp3) is 0. The lowest BCUT2D eigenvalue weighted by molar-refractivity contribution is 0.669. The molecular weight excluding hydrogens is 671 g/mol. The number of hydrogen-bond acceptors (Lipinski definition) is 4. The van der Waals surface area contributed by atoms with Crippen molar-refractivity contribution in [2.45, 2.75) is 0 Å². The molecule has 11 aromatic rings. The average molecular weight is 702 g/mol. The summed E-state index contributed by atoms with van der Waals surface area (Å²) >= 11 is 0. The van der Waals surface area contributed by atoms with Gasteiger partial charge in [-0.25, -0.2) is 9.97 Å². The molecule has 3 heterocycles. The molecule has 0 saturated heterocycles. The van der Waals surface area contributed by atoms with Gasteiger partial charge in [0.2, 0.25) is 0 Å². The molecule has 11 rings (SSSR count). The number of furan rings is 1. The summed E-state index contributed by atoms with van der Waals surface area (Å²) in [7, 11) is 0. The molecule has 3 aromatic heterocycles. The lowest BCUT2D eigenvalue weighted by Crippen LogP contribution is -1.97. The highest BCUT2D eigenvalue weighted by Gasteiger charge is 2.17. The molecule has 0 aliphatic carbocycles. The summed E-state index contributed by atoms with van der Waals surface area (Å²) in [4.78, 5) is 15.2.